The van der Waals surface area contributed by atoms with E-state index < -0.39 is 12.0 Å². The van der Waals surface area contributed by atoms with Crippen molar-refractivity contribution in [2.75, 3.05) is 20.3 Å². The maximum atomic E-state index is 12.4. The van der Waals surface area contributed by atoms with E-state index >= 15 is 0 Å². The number of ether oxygens (including phenoxy) is 2. The number of nitrogens with zero attached hydrogens (tertiary/aromatic N) is 1. The summed E-state index contributed by atoms with van der Waals surface area (Å²) < 4.78 is 11.2. The van der Waals surface area contributed by atoms with Crippen LogP contribution in [0.15, 0.2) is 18.2 Å². The third-order valence-electron chi connectivity index (χ3n) is 3.50. The van der Waals surface area contributed by atoms with E-state index in [0.29, 0.717) is 30.3 Å². The molecule has 1 rings (SSSR count). The summed E-state index contributed by atoms with van der Waals surface area (Å²) in [6.45, 7) is 6.42. The highest BCUT2D eigenvalue weighted by molar-refractivity contribution is 5.96. The Morgan fingerprint density at radius 3 is 2.48 bits per heavy atom. The van der Waals surface area contributed by atoms with Crippen LogP contribution in [0.25, 0.3) is 0 Å². The molecule has 23 heavy (non-hydrogen) atoms. The first-order valence-electron chi connectivity index (χ1n) is 7.81. The molecule has 0 bridgehead atoms. The Hall–Kier alpha value is -2.24. The first-order chi connectivity index (χ1) is 10.9. The van der Waals surface area contributed by atoms with Crippen LogP contribution >= 0.6 is 0 Å². The molecule has 0 aliphatic heterocycles. The normalized spacial score (nSPS) is 11.7. The Labute approximate surface area is 137 Å². The van der Waals surface area contributed by atoms with Crippen molar-refractivity contribution in [1.82, 2.24) is 4.90 Å². The van der Waals surface area contributed by atoms with E-state index in [4.69, 9.17) is 14.6 Å². The second-order valence-electron chi connectivity index (χ2n) is 5.23. The van der Waals surface area contributed by atoms with Crippen molar-refractivity contribution < 1.29 is 24.2 Å². The van der Waals surface area contributed by atoms with Gasteiger partial charge in [-0.1, -0.05) is 13.3 Å². The Bertz CT molecular complexity index is 544. The molecule has 0 heterocycles. The number of rotatable bonds is 9. The SMILES string of the molecule is CCCCOc1ccc(C(=O)N(C)C(C)C(=O)O)cc1OCC. The van der Waals surface area contributed by atoms with Gasteiger partial charge in [0.2, 0.25) is 0 Å². The summed E-state index contributed by atoms with van der Waals surface area (Å²) in [6.07, 6.45) is 1.96. The number of benzene rings is 1. The zero-order valence-electron chi connectivity index (χ0n) is 14.2. The lowest BCUT2D eigenvalue weighted by Gasteiger charge is -2.22. The van der Waals surface area contributed by atoms with Crippen LogP contribution in [0.1, 0.15) is 44.0 Å². The molecule has 0 aliphatic rings. The predicted molar refractivity (Wildman–Crippen MR) is 87.2 cm³/mol. The van der Waals surface area contributed by atoms with E-state index in [2.05, 4.69) is 6.92 Å². The predicted octanol–water partition coefficient (Wildman–Crippen LogP) is 2.81. The molecule has 6 nitrogen and oxygen atoms in total. The number of carbonyl (C=O) groups excluding carboxylic acids is 1. The topological polar surface area (TPSA) is 76.1 Å². The van der Waals surface area contributed by atoms with Gasteiger partial charge in [-0.15, -0.1) is 0 Å². The second-order valence-corrected chi connectivity index (χ2v) is 5.23. The lowest BCUT2D eigenvalue weighted by atomic mass is 10.1. The van der Waals surface area contributed by atoms with Crippen LogP contribution in [-0.4, -0.2) is 48.2 Å². The molecule has 1 aromatic rings. The molecule has 1 unspecified atom stereocenters. The largest absolute Gasteiger partial charge is 0.490 e. The van der Waals surface area contributed by atoms with Crippen LogP contribution in [0, 0.1) is 0 Å². The number of likely N-dealkylation sites (N-methyl/N-ethyl adjacent to an activating group) is 1. The Morgan fingerprint density at radius 1 is 1.22 bits per heavy atom. The highest BCUT2D eigenvalue weighted by Crippen LogP contribution is 2.29. The van der Waals surface area contributed by atoms with Crippen molar-refractivity contribution >= 4 is 11.9 Å². The van der Waals surface area contributed by atoms with E-state index in [1.807, 2.05) is 6.92 Å². The van der Waals surface area contributed by atoms with Crippen LogP contribution in [0.4, 0.5) is 0 Å². The highest BCUT2D eigenvalue weighted by Gasteiger charge is 2.23. The minimum Gasteiger partial charge on any atom is -0.490 e. The third-order valence-corrected chi connectivity index (χ3v) is 3.50. The molecule has 0 aliphatic carbocycles. The maximum Gasteiger partial charge on any atom is 0.326 e. The minimum atomic E-state index is -1.05. The number of unbranched alkanes of at least 4 members (excludes halogenated alkanes) is 1. The lowest BCUT2D eigenvalue weighted by Crippen LogP contribution is -2.40. The van der Waals surface area contributed by atoms with Gasteiger partial charge in [-0.25, -0.2) is 4.79 Å². The molecular weight excluding hydrogens is 298 g/mol. The Kier molecular flexibility index (Phi) is 7.38. The van der Waals surface area contributed by atoms with Gasteiger partial charge in [-0.2, -0.15) is 0 Å². The summed E-state index contributed by atoms with van der Waals surface area (Å²) in [5.74, 6) is -0.344. The van der Waals surface area contributed by atoms with Gasteiger partial charge in [-0.05, 0) is 38.5 Å². The lowest BCUT2D eigenvalue weighted by molar-refractivity contribution is -0.141. The molecule has 128 valence electrons. The molecular formula is C17H25NO5. The fourth-order valence-electron chi connectivity index (χ4n) is 1.90. The van der Waals surface area contributed by atoms with E-state index in [1.165, 1.54) is 18.9 Å². The van der Waals surface area contributed by atoms with Gasteiger partial charge >= 0.3 is 5.97 Å². The van der Waals surface area contributed by atoms with Crippen molar-refractivity contribution in [3.05, 3.63) is 23.8 Å². The zero-order chi connectivity index (χ0) is 17.4. The smallest absolute Gasteiger partial charge is 0.326 e. The van der Waals surface area contributed by atoms with Crippen LogP contribution in [0.3, 0.4) is 0 Å². The van der Waals surface area contributed by atoms with Crippen molar-refractivity contribution in [2.45, 2.75) is 39.7 Å². The number of aliphatic carboxylic acids is 1. The maximum absolute atomic E-state index is 12.4. The monoisotopic (exact) mass is 323 g/mol. The van der Waals surface area contributed by atoms with Crippen molar-refractivity contribution in [3.8, 4) is 11.5 Å². The summed E-state index contributed by atoms with van der Waals surface area (Å²) in [6, 6.07) is 4.00. The molecule has 1 atom stereocenters. The summed E-state index contributed by atoms with van der Waals surface area (Å²) >= 11 is 0. The fourth-order valence-corrected chi connectivity index (χ4v) is 1.90. The van der Waals surface area contributed by atoms with Gasteiger partial charge in [-0.3, -0.25) is 4.79 Å². The summed E-state index contributed by atoms with van der Waals surface area (Å²) in [7, 11) is 1.47. The van der Waals surface area contributed by atoms with E-state index in [1.54, 1.807) is 18.2 Å². The molecule has 0 spiro atoms. The highest BCUT2D eigenvalue weighted by atomic mass is 16.5. The van der Waals surface area contributed by atoms with Gasteiger partial charge in [0.15, 0.2) is 11.5 Å². The summed E-state index contributed by atoms with van der Waals surface area (Å²) in [5.41, 5.74) is 0.367. The number of carboxylic acid groups (broad SMARTS) is 1. The average molecular weight is 323 g/mol. The number of amides is 1. The van der Waals surface area contributed by atoms with Gasteiger partial charge < -0.3 is 19.5 Å². The molecule has 0 fully saturated rings. The van der Waals surface area contributed by atoms with E-state index in [-0.39, 0.29) is 5.91 Å². The van der Waals surface area contributed by atoms with Gasteiger partial charge in [0.05, 0.1) is 13.2 Å². The van der Waals surface area contributed by atoms with Crippen LogP contribution in [-0.2, 0) is 4.79 Å². The second kappa shape index (κ2) is 9.02. The quantitative estimate of drug-likeness (QED) is 0.707. The summed E-state index contributed by atoms with van der Waals surface area (Å²) in [4.78, 5) is 24.6. The van der Waals surface area contributed by atoms with Crippen molar-refractivity contribution in [3.63, 3.8) is 0 Å². The molecule has 1 N–H and O–H groups in total. The first kappa shape index (κ1) is 18.8. The van der Waals surface area contributed by atoms with Crippen LogP contribution in [0.2, 0.25) is 0 Å². The van der Waals surface area contributed by atoms with Crippen molar-refractivity contribution in [1.29, 1.82) is 0 Å². The molecule has 6 heteroatoms. The summed E-state index contributed by atoms with van der Waals surface area (Å²) in [5, 5.41) is 9.01. The molecule has 1 amide bonds. The van der Waals surface area contributed by atoms with Crippen LogP contribution in [0.5, 0.6) is 11.5 Å². The molecule has 0 aromatic heterocycles. The fraction of sp³-hybridized carbons (Fsp3) is 0.529. The Balaban J connectivity index is 2.97. The van der Waals surface area contributed by atoms with Crippen LogP contribution < -0.4 is 9.47 Å². The minimum absolute atomic E-state index is 0.367. The standard InChI is InChI=1S/C17H25NO5/c1-5-7-10-23-14-9-8-13(11-15(14)22-6-2)16(19)18(4)12(3)17(20)21/h8-9,11-12H,5-7,10H2,1-4H3,(H,20,21). The molecule has 0 radical (unpaired) electrons. The number of carboxylic acids is 1. The number of hydrogen-bond donors (Lipinski definition) is 1. The molecule has 0 saturated heterocycles. The molecule has 1 aromatic carbocycles. The van der Waals surface area contributed by atoms with E-state index in [0.717, 1.165) is 12.8 Å². The third kappa shape index (κ3) is 5.16. The Morgan fingerprint density at radius 2 is 1.91 bits per heavy atom. The first-order valence-corrected chi connectivity index (χ1v) is 7.81. The number of carbonyl (C=O) groups is 2. The van der Waals surface area contributed by atoms with E-state index in [9.17, 15) is 9.59 Å². The van der Waals surface area contributed by atoms with Gasteiger partial charge in [0.1, 0.15) is 6.04 Å². The molecule has 0 saturated carbocycles. The zero-order valence-corrected chi connectivity index (χ0v) is 14.2. The number of hydrogen-bond acceptors (Lipinski definition) is 4. The van der Waals surface area contributed by atoms with Crippen molar-refractivity contribution in [2.24, 2.45) is 0 Å². The van der Waals surface area contributed by atoms with Gasteiger partial charge in [0.25, 0.3) is 5.91 Å². The average Bonchev–Trinajstić information content (AvgIpc) is 2.54. The van der Waals surface area contributed by atoms with Gasteiger partial charge in [0, 0.05) is 12.6 Å².